The maximum absolute atomic E-state index is 12.4. The number of methoxy groups -OCH3 is 1. The number of phenols is 1. The Morgan fingerprint density at radius 1 is 1.25 bits per heavy atom. The third-order valence-electron chi connectivity index (χ3n) is 3.16. The molecule has 0 saturated carbocycles. The number of hydrogen-bond acceptors (Lipinski definition) is 4. The van der Waals surface area contributed by atoms with E-state index in [1.807, 2.05) is 18.2 Å². The molecule has 2 aromatic rings. The molecule has 0 amide bonds. The van der Waals surface area contributed by atoms with Crippen molar-refractivity contribution in [2.24, 2.45) is 0 Å². The first-order valence-electron chi connectivity index (χ1n) is 5.99. The van der Waals surface area contributed by atoms with Crippen molar-refractivity contribution in [1.29, 1.82) is 0 Å². The van der Waals surface area contributed by atoms with Gasteiger partial charge in [0, 0.05) is 26.8 Å². The summed E-state index contributed by atoms with van der Waals surface area (Å²) in [5, 5.41) is 10.1. The van der Waals surface area contributed by atoms with Crippen molar-refractivity contribution in [1.82, 2.24) is 0 Å². The zero-order valence-corrected chi connectivity index (χ0v) is 13.0. The van der Waals surface area contributed by atoms with Gasteiger partial charge in [-0.2, -0.15) is 0 Å². The van der Waals surface area contributed by atoms with Gasteiger partial charge >= 0.3 is 0 Å². The SMILES string of the molecule is COc1cc(O)c2c(c1)Sc1ccc(Br)cc1CC2=O. The molecule has 5 heteroatoms. The molecule has 0 aromatic heterocycles. The molecule has 3 nitrogen and oxygen atoms in total. The molecule has 1 aliphatic heterocycles. The van der Waals surface area contributed by atoms with E-state index in [-0.39, 0.29) is 18.0 Å². The van der Waals surface area contributed by atoms with Gasteiger partial charge in [-0.3, -0.25) is 4.79 Å². The molecule has 0 saturated heterocycles. The van der Waals surface area contributed by atoms with Gasteiger partial charge in [-0.1, -0.05) is 27.7 Å². The number of carbonyl (C=O) groups excluding carboxylic acids is 1. The Labute approximate surface area is 129 Å². The van der Waals surface area contributed by atoms with Crippen LogP contribution in [0.5, 0.6) is 11.5 Å². The predicted molar refractivity (Wildman–Crippen MR) is 81.0 cm³/mol. The maximum atomic E-state index is 12.4. The highest BCUT2D eigenvalue weighted by molar-refractivity contribution is 9.10. The van der Waals surface area contributed by atoms with E-state index in [2.05, 4.69) is 15.9 Å². The van der Waals surface area contributed by atoms with Gasteiger partial charge in [0.1, 0.15) is 11.5 Å². The molecule has 102 valence electrons. The topological polar surface area (TPSA) is 46.5 Å². The molecular formula is C15H11BrO3S. The first-order valence-corrected chi connectivity index (χ1v) is 7.60. The van der Waals surface area contributed by atoms with Crippen LogP contribution < -0.4 is 4.74 Å². The zero-order chi connectivity index (χ0) is 14.3. The first-order chi connectivity index (χ1) is 9.58. The molecule has 1 aliphatic rings. The van der Waals surface area contributed by atoms with E-state index in [1.165, 1.54) is 24.9 Å². The Balaban J connectivity index is 2.18. The van der Waals surface area contributed by atoms with Gasteiger partial charge in [-0.15, -0.1) is 0 Å². The lowest BCUT2D eigenvalue weighted by molar-refractivity contribution is 0.0987. The molecular weight excluding hydrogens is 340 g/mol. The normalized spacial score (nSPS) is 13.4. The van der Waals surface area contributed by atoms with Gasteiger partial charge in [0.25, 0.3) is 0 Å². The van der Waals surface area contributed by atoms with Crippen molar-refractivity contribution in [3.8, 4) is 11.5 Å². The average Bonchev–Trinajstić information content (AvgIpc) is 2.54. The standard InChI is InChI=1S/C15H11BrO3S/c1-19-10-6-12(18)15-11(17)5-8-4-9(16)2-3-13(8)20-14(15)7-10/h2-4,6-7,18H,5H2,1H3. The summed E-state index contributed by atoms with van der Waals surface area (Å²) < 4.78 is 6.09. The smallest absolute Gasteiger partial charge is 0.172 e. The van der Waals surface area contributed by atoms with Crippen LogP contribution in [0.2, 0.25) is 0 Å². The number of hydrogen-bond donors (Lipinski definition) is 1. The van der Waals surface area contributed by atoms with Crippen LogP contribution in [0.4, 0.5) is 0 Å². The maximum Gasteiger partial charge on any atom is 0.172 e. The summed E-state index contributed by atoms with van der Waals surface area (Å²) in [6.45, 7) is 0. The van der Waals surface area contributed by atoms with Gasteiger partial charge in [0.2, 0.25) is 0 Å². The van der Waals surface area contributed by atoms with Crippen LogP contribution in [0.25, 0.3) is 0 Å². The van der Waals surface area contributed by atoms with E-state index in [4.69, 9.17) is 4.74 Å². The fourth-order valence-electron chi connectivity index (χ4n) is 2.22. The second kappa shape index (κ2) is 5.14. The van der Waals surface area contributed by atoms with Gasteiger partial charge in [0.15, 0.2) is 5.78 Å². The lowest BCUT2D eigenvalue weighted by atomic mass is 10.0. The van der Waals surface area contributed by atoms with Crippen molar-refractivity contribution >= 4 is 33.5 Å². The minimum absolute atomic E-state index is 0.0243. The quantitative estimate of drug-likeness (QED) is 0.842. The highest BCUT2D eigenvalue weighted by Gasteiger charge is 2.24. The van der Waals surface area contributed by atoms with Crippen LogP contribution in [-0.2, 0) is 6.42 Å². The summed E-state index contributed by atoms with van der Waals surface area (Å²) in [5.41, 5.74) is 1.34. The Kier molecular flexibility index (Phi) is 3.48. The van der Waals surface area contributed by atoms with Gasteiger partial charge in [-0.05, 0) is 29.8 Å². The van der Waals surface area contributed by atoms with E-state index in [0.29, 0.717) is 11.3 Å². The Hall–Kier alpha value is -1.46. The van der Waals surface area contributed by atoms with Crippen molar-refractivity contribution in [2.45, 2.75) is 16.2 Å². The van der Waals surface area contributed by atoms with Crippen LogP contribution in [0.3, 0.4) is 0 Å². The molecule has 0 fully saturated rings. The zero-order valence-electron chi connectivity index (χ0n) is 10.6. The van der Waals surface area contributed by atoms with E-state index >= 15 is 0 Å². The highest BCUT2D eigenvalue weighted by Crippen LogP contribution is 2.42. The summed E-state index contributed by atoms with van der Waals surface area (Å²) in [5.74, 6) is 0.440. The fourth-order valence-corrected chi connectivity index (χ4v) is 3.76. The largest absolute Gasteiger partial charge is 0.507 e. The lowest BCUT2D eigenvalue weighted by Gasteiger charge is -2.09. The van der Waals surface area contributed by atoms with E-state index in [1.54, 1.807) is 6.07 Å². The second-order valence-corrected chi connectivity index (χ2v) is 6.47. The van der Waals surface area contributed by atoms with Crippen LogP contribution in [-0.4, -0.2) is 18.0 Å². The third kappa shape index (κ3) is 2.31. The lowest BCUT2D eigenvalue weighted by Crippen LogP contribution is -2.04. The second-order valence-electron chi connectivity index (χ2n) is 4.47. The number of Topliss-reactive ketones (excluding diaryl/α,β-unsaturated/α-hetero) is 1. The molecule has 1 N–H and O–H groups in total. The molecule has 20 heavy (non-hydrogen) atoms. The summed E-state index contributed by atoms with van der Waals surface area (Å²) >= 11 is 4.90. The molecule has 1 heterocycles. The molecule has 0 bridgehead atoms. The minimum Gasteiger partial charge on any atom is -0.507 e. The molecule has 2 aromatic carbocycles. The number of benzene rings is 2. The van der Waals surface area contributed by atoms with Gasteiger partial charge in [0.05, 0.1) is 12.7 Å². The van der Waals surface area contributed by atoms with Crippen molar-refractivity contribution < 1.29 is 14.6 Å². The Morgan fingerprint density at radius 3 is 2.80 bits per heavy atom. The first kappa shape index (κ1) is 13.5. The van der Waals surface area contributed by atoms with Gasteiger partial charge in [-0.25, -0.2) is 0 Å². The fraction of sp³-hybridized carbons (Fsp3) is 0.133. The summed E-state index contributed by atoms with van der Waals surface area (Å²) in [6.07, 6.45) is 0.286. The van der Waals surface area contributed by atoms with E-state index in [0.717, 1.165) is 19.8 Å². The number of phenolic OH excluding ortho intramolecular Hbond substituents is 1. The van der Waals surface area contributed by atoms with Crippen LogP contribution in [0.15, 0.2) is 44.6 Å². The molecule has 3 rings (SSSR count). The van der Waals surface area contributed by atoms with Crippen molar-refractivity contribution in [3.63, 3.8) is 0 Å². The monoisotopic (exact) mass is 350 g/mol. The number of ether oxygens (including phenoxy) is 1. The molecule has 0 spiro atoms. The van der Waals surface area contributed by atoms with Crippen molar-refractivity contribution in [3.05, 3.63) is 45.9 Å². The summed E-state index contributed by atoms with van der Waals surface area (Å²) in [6, 6.07) is 9.13. The number of halogens is 1. The number of ketones is 1. The van der Waals surface area contributed by atoms with Crippen LogP contribution in [0, 0.1) is 0 Å². The molecule has 0 aliphatic carbocycles. The van der Waals surface area contributed by atoms with Crippen LogP contribution in [0.1, 0.15) is 15.9 Å². The number of aromatic hydroxyl groups is 1. The Morgan fingerprint density at radius 2 is 2.05 bits per heavy atom. The highest BCUT2D eigenvalue weighted by atomic mass is 79.9. The molecule has 0 unspecified atom stereocenters. The number of rotatable bonds is 1. The van der Waals surface area contributed by atoms with Crippen molar-refractivity contribution in [2.75, 3.05) is 7.11 Å². The number of fused-ring (bicyclic) bond motifs is 2. The van der Waals surface area contributed by atoms with E-state index in [9.17, 15) is 9.90 Å². The van der Waals surface area contributed by atoms with Crippen LogP contribution >= 0.6 is 27.7 Å². The Bertz CT molecular complexity index is 713. The number of carbonyl (C=O) groups is 1. The summed E-state index contributed by atoms with van der Waals surface area (Å²) in [7, 11) is 1.54. The third-order valence-corrected chi connectivity index (χ3v) is 4.82. The summed E-state index contributed by atoms with van der Waals surface area (Å²) in [4.78, 5) is 14.1. The molecule has 0 atom stereocenters. The molecule has 0 radical (unpaired) electrons. The van der Waals surface area contributed by atoms with Gasteiger partial charge < -0.3 is 9.84 Å². The van der Waals surface area contributed by atoms with E-state index < -0.39 is 0 Å². The average molecular weight is 351 g/mol. The minimum atomic E-state index is -0.0792. The predicted octanol–water partition coefficient (Wildman–Crippen LogP) is 4.05.